The highest BCUT2D eigenvalue weighted by Gasteiger charge is 2.15. The SMILES string of the molecule is CC(C)CCNC(=O)CCc1c(-c2ccc(F)cc2)nc2ccccn12. The van der Waals surface area contributed by atoms with Gasteiger partial charge >= 0.3 is 0 Å². The van der Waals surface area contributed by atoms with Crippen molar-refractivity contribution < 1.29 is 9.18 Å². The molecule has 0 saturated heterocycles. The summed E-state index contributed by atoms with van der Waals surface area (Å²) >= 11 is 0. The fraction of sp³-hybridized carbons (Fsp3) is 0.333. The molecule has 1 amide bonds. The van der Waals surface area contributed by atoms with Gasteiger partial charge in [-0.2, -0.15) is 0 Å². The van der Waals surface area contributed by atoms with Crippen molar-refractivity contribution in [1.29, 1.82) is 0 Å². The summed E-state index contributed by atoms with van der Waals surface area (Å²) in [5.41, 5.74) is 3.43. The molecule has 2 heterocycles. The van der Waals surface area contributed by atoms with Crippen LogP contribution >= 0.6 is 0 Å². The van der Waals surface area contributed by atoms with Crippen molar-refractivity contribution in [3.63, 3.8) is 0 Å². The summed E-state index contributed by atoms with van der Waals surface area (Å²) in [6.45, 7) is 4.98. The number of carbonyl (C=O) groups excluding carboxylic acids is 1. The van der Waals surface area contributed by atoms with Crippen LogP contribution in [0.25, 0.3) is 16.9 Å². The molecule has 0 spiro atoms. The molecule has 0 atom stereocenters. The molecule has 4 nitrogen and oxygen atoms in total. The molecule has 1 aromatic carbocycles. The van der Waals surface area contributed by atoms with Gasteiger partial charge in [0.05, 0.1) is 11.4 Å². The molecule has 0 fully saturated rings. The lowest BCUT2D eigenvalue weighted by Crippen LogP contribution is -2.25. The molecule has 26 heavy (non-hydrogen) atoms. The Morgan fingerprint density at radius 1 is 1.19 bits per heavy atom. The van der Waals surface area contributed by atoms with Crippen molar-refractivity contribution in [3.05, 3.63) is 60.2 Å². The molecule has 0 aliphatic carbocycles. The molecule has 0 saturated carbocycles. The third-order valence-electron chi connectivity index (χ3n) is 4.38. The van der Waals surface area contributed by atoms with Gasteiger partial charge < -0.3 is 9.72 Å². The van der Waals surface area contributed by atoms with E-state index in [0.717, 1.165) is 29.0 Å². The number of hydrogen-bond acceptors (Lipinski definition) is 2. The maximum Gasteiger partial charge on any atom is 0.220 e. The Morgan fingerprint density at radius 3 is 2.69 bits per heavy atom. The maximum absolute atomic E-state index is 13.3. The van der Waals surface area contributed by atoms with Gasteiger partial charge in [0.15, 0.2) is 0 Å². The highest BCUT2D eigenvalue weighted by molar-refractivity contribution is 5.76. The number of fused-ring (bicyclic) bond motifs is 1. The number of nitrogens with one attached hydrogen (secondary N) is 1. The van der Waals surface area contributed by atoms with E-state index in [9.17, 15) is 9.18 Å². The Kier molecular flexibility index (Phi) is 5.66. The third-order valence-corrected chi connectivity index (χ3v) is 4.38. The van der Waals surface area contributed by atoms with Gasteiger partial charge in [0.1, 0.15) is 11.5 Å². The van der Waals surface area contributed by atoms with Gasteiger partial charge in [-0.3, -0.25) is 4.79 Å². The topological polar surface area (TPSA) is 46.4 Å². The number of carbonyl (C=O) groups is 1. The number of pyridine rings is 1. The predicted molar refractivity (Wildman–Crippen MR) is 101 cm³/mol. The zero-order valence-corrected chi connectivity index (χ0v) is 15.2. The number of halogens is 1. The lowest BCUT2D eigenvalue weighted by Gasteiger charge is -2.08. The van der Waals surface area contributed by atoms with Gasteiger partial charge in [-0.25, -0.2) is 9.37 Å². The first kappa shape index (κ1) is 18.1. The third kappa shape index (κ3) is 4.28. The van der Waals surface area contributed by atoms with Crippen LogP contribution in [0.4, 0.5) is 4.39 Å². The smallest absolute Gasteiger partial charge is 0.220 e. The van der Waals surface area contributed by atoms with Crippen molar-refractivity contribution in [1.82, 2.24) is 14.7 Å². The van der Waals surface area contributed by atoms with Gasteiger partial charge in [0, 0.05) is 24.7 Å². The van der Waals surface area contributed by atoms with E-state index in [4.69, 9.17) is 0 Å². The molecule has 2 aromatic heterocycles. The lowest BCUT2D eigenvalue weighted by molar-refractivity contribution is -0.121. The molecule has 0 unspecified atom stereocenters. The van der Waals surface area contributed by atoms with E-state index >= 15 is 0 Å². The number of imidazole rings is 1. The Hall–Kier alpha value is -2.69. The molecule has 0 radical (unpaired) electrons. The highest BCUT2D eigenvalue weighted by atomic mass is 19.1. The van der Waals surface area contributed by atoms with Crippen LogP contribution in [-0.2, 0) is 11.2 Å². The van der Waals surface area contributed by atoms with Gasteiger partial charge in [-0.15, -0.1) is 0 Å². The van der Waals surface area contributed by atoms with Crippen LogP contribution in [-0.4, -0.2) is 21.8 Å². The van der Waals surface area contributed by atoms with Gasteiger partial charge in [0.25, 0.3) is 0 Å². The second-order valence-corrected chi connectivity index (χ2v) is 6.88. The highest BCUT2D eigenvalue weighted by Crippen LogP contribution is 2.25. The van der Waals surface area contributed by atoms with E-state index in [2.05, 4.69) is 24.1 Å². The Labute approximate surface area is 153 Å². The monoisotopic (exact) mass is 353 g/mol. The molecule has 3 rings (SSSR count). The summed E-state index contributed by atoms with van der Waals surface area (Å²) in [6, 6.07) is 12.1. The average molecular weight is 353 g/mol. The number of aromatic nitrogens is 2. The minimum absolute atomic E-state index is 0.0431. The molecule has 3 aromatic rings. The van der Waals surface area contributed by atoms with Crippen LogP contribution < -0.4 is 5.32 Å². The Morgan fingerprint density at radius 2 is 1.96 bits per heavy atom. The van der Waals surface area contributed by atoms with Crippen molar-refractivity contribution >= 4 is 11.6 Å². The van der Waals surface area contributed by atoms with Crippen LogP contribution in [0.1, 0.15) is 32.4 Å². The van der Waals surface area contributed by atoms with Crippen LogP contribution in [0, 0.1) is 11.7 Å². The molecule has 1 N–H and O–H groups in total. The van der Waals surface area contributed by atoms with E-state index in [0.29, 0.717) is 25.3 Å². The summed E-state index contributed by atoms with van der Waals surface area (Å²) < 4.78 is 15.3. The molecule has 0 aliphatic rings. The fourth-order valence-corrected chi connectivity index (χ4v) is 2.94. The van der Waals surface area contributed by atoms with E-state index < -0.39 is 0 Å². The number of rotatable bonds is 7. The van der Waals surface area contributed by atoms with Crippen LogP contribution in [0.15, 0.2) is 48.7 Å². The maximum atomic E-state index is 13.3. The Bertz CT molecular complexity index is 884. The number of amides is 1. The summed E-state index contributed by atoms with van der Waals surface area (Å²) in [5, 5.41) is 2.97. The number of nitrogens with zero attached hydrogens (tertiary/aromatic N) is 2. The molecule has 5 heteroatoms. The number of hydrogen-bond donors (Lipinski definition) is 1. The van der Waals surface area contributed by atoms with Crippen LogP contribution in [0.2, 0.25) is 0 Å². The summed E-state index contributed by atoms with van der Waals surface area (Å²) in [5.74, 6) is 0.337. The first-order valence-electron chi connectivity index (χ1n) is 9.03. The normalized spacial score (nSPS) is 11.2. The zero-order valence-electron chi connectivity index (χ0n) is 15.2. The minimum atomic E-state index is -0.274. The Balaban J connectivity index is 1.81. The fourth-order valence-electron chi connectivity index (χ4n) is 2.94. The average Bonchev–Trinajstić information content (AvgIpc) is 2.99. The largest absolute Gasteiger partial charge is 0.356 e. The van der Waals surface area contributed by atoms with Crippen molar-refractivity contribution in [2.24, 2.45) is 5.92 Å². The summed E-state index contributed by atoms with van der Waals surface area (Å²) in [7, 11) is 0. The lowest BCUT2D eigenvalue weighted by atomic mass is 10.1. The zero-order chi connectivity index (χ0) is 18.5. The summed E-state index contributed by atoms with van der Waals surface area (Å²) in [4.78, 5) is 16.8. The number of aryl methyl sites for hydroxylation is 1. The van der Waals surface area contributed by atoms with E-state index in [1.54, 1.807) is 12.1 Å². The molecular formula is C21H24FN3O. The van der Waals surface area contributed by atoms with Crippen LogP contribution in [0.3, 0.4) is 0 Å². The second-order valence-electron chi connectivity index (χ2n) is 6.88. The predicted octanol–water partition coefficient (Wildman–Crippen LogP) is 4.24. The van der Waals surface area contributed by atoms with Gasteiger partial charge in [-0.1, -0.05) is 19.9 Å². The molecule has 0 bridgehead atoms. The summed E-state index contributed by atoms with van der Waals surface area (Å²) in [6.07, 6.45) is 3.89. The standard InChI is InChI=1S/C21H24FN3O/c1-15(2)12-13-23-20(26)11-10-18-21(16-6-8-17(22)9-7-16)24-19-5-3-4-14-25(18)19/h3-9,14-15H,10-13H2,1-2H3,(H,23,26). The van der Waals surface area contributed by atoms with Gasteiger partial charge in [0.2, 0.25) is 5.91 Å². The number of benzene rings is 1. The van der Waals surface area contributed by atoms with Crippen molar-refractivity contribution in [2.75, 3.05) is 6.54 Å². The molecular weight excluding hydrogens is 329 g/mol. The van der Waals surface area contributed by atoms with Gasteiger partial charge in [-0.05, 0) is 55.2 Å². The second kappa shape index (κ2) is 8.13. The van der Waals surface area contributed by atoms with Crippen LogP contribution in [0.5, 0.6) is 0 Å². The first-order chi connectivity index (χ1) is 12.5. The first-order valence-corrected chi connectivity index (χ1v) is 9.03. The molecule has 136 valence electrons. The quantitative estimate of drug-likeness (QED) is 0.691. The van der Waals surface area contributed by atoms with E-state index in [-0.39, 0.29) is 11.7 Å². The molecule has 0 aliphatic heterocycles. The van der Waals surface area contributed by atoms with Crippen molar-refractivity contribution in [3.8, 4) is 11.3 Å². The van der Waals surface area contributed by atoms with Crippen molar-refractivity contribution in [2.45, 2.75) is 33.1 Å². The van der Waals surface area contributed by atoms with E-state index in [1.807, 2.05) is 28.8 Å². The van der Waals surface area contributed by atoms with E-state index in [1.165, 1.54) is 12.1 Å². The minimum Gasteiger partial charge on any atom is -0.356 e.